The fourth-order valence-corrected chi connectivity index (χ4v) is 3.51. The first-order valence-corrected chi connectivity index (χ1v) is 10.3. The molecule has 9 nitrogen and oxygen atoms in total. The lowest BCUT2D eigenvalue weighted by Gasteiger charge is -2.22. The minimum Gasteiger partial charge on any atom is -0.496 e. The molecule has 0 fully saturated rings. The van der Waals surface area contributed by atoms with Crippen LogP contribution in [-0.2, 0) is 13.1 Å². The minimum absolute atomic E-state index is 0.0576. The summed E-state index contributed by atoms with van der Waals surface area (Å²) in [7, 11) is 3.55. The highest BCUT2D eigenvalue weighted by atomic mass is 19.1. The lowest BCUT2D eigenvalue weighted by molar-refractivity contribution is 0.301. The summed E-state index contributed by atoms with van der Waals surface area (Å²) in [5, 5.41) is 17.3. The molecule has 0 saturated carbocycles. The van der Waals surface area contributed by atoms with Gasteiger partial charge in [0.05, 0.1) is 33.1 Å². The van der Waals surface area contributed by atoms with Gasteiger partial charge < -0.3 is 25.8 Å². The topological polar surface area (TPSA) is 114 Å². The Balaban J connectivity index is 1.93. The van der Waals surface area contributed by atoms with E-state index in [4.69, 9.17) is 10.5 Å². The van der Waals surface area contributed by atoms with Crippen molar-refractivity contribution in [1.29, 1.82) is 0 Å². The molecule has 0 bridgehead atoms. The number of fused-ring (bicyclic) bond motifs is 1. The normalized spacial score (nSPS) is 11.2. The van der Waals surface area contributed by atoms with Crippen molar-refractivity contribution in [2.24, 2.45) is 0 Å². The number of halogens is 1. The summed E-state index contributed by atoms with van der Waals surface area (Å²) in [6.07, 6.45) is 2.90. The maximum atomic E-state index is 12.5. The van der Waals surface area contributed by atoms with Crippen LogP contribution in [0.5, 0.6) is 5.75 Å². The van der Waals surface area contributed by atoms with Gasteiger partial charge in [-0.1, -0.05) is 12.1 Å². The van der Waals surface area contributed by atoms with Gasteiger partial charge in [-0.3, -0.25) is 9.07 Å². The van der Waals surface area contributed by atoms with Gasteiger partial charge in [-0.25, -0.2) is 4.98 Å². The molecule has 0 saturated heterocycles. The van der Waals surface area contributed by atoms with Gasteiger partial charge in [0.2, 0.25) is 5.95 Å². The van der Waals surface area contributed by atoms with Crippen LogP contribution < -0.4 is 20.7 Å². The van der Waals surface area contributed by atoms with Gasteiger partial charge in [-0.05, 0) is 31.5 Å². The Morgan fingerprint density at radius 1 is 1.26 bits per heavy atom. The zero-order valence-corrected chi connectivity index (χ0v) is 18.0. The Kier molecular flexibility index (Phi) is 7.96. The molecule has 4 N–H and O–H groups in total. The molecule has 0 aliphatic heterocycles. The number of nitrogen functional groups attached to an aromatic ring is 1. The van der Waals surface area contributed by atoms with Crippen molar-refractivity contribution in [1.82, 2.24) is 25.1 Å². The molecule has 2 aromatic heterocycles. The second-order valence-corrected chi connectivity index (χ2v) is 7.25. The summed E-state index contributed by atoms with van der Waals surface area (Å²) < 4.78 is 19.9. The third-order valence-electron chi connectivity index (χ3n) is 4.96. The molecule has 168 valence electrons. The lowest BCUT2D eigenvalue weighted by atomic mass is 10.1. The summed E-state index contributed by atoms with van der Waals surface area (Å²) in [6, 6.07) is 6.08. The van der Waals surface area contributed by atoms with Gasteiger partial charge in [0.15, 0.2) is 11.3 Å². The summed E-state index contributed by atoms with van der Waals surface area (Å²) in [6.45, 7) is 1.70. The summed E-state index contributed by atoms with van der Waals surface area (Å²) in [5.74, 6) is 1.46. The number of aliphatic hydroxyl groups excluding tert-OH is 1. The molecule has 0 radical (unpaired) electrons. The molecular weight excluding hydrogens is 401 g/mol. The number of ether oxygens (including phenoxy) is 1. The van der Waals surface area contributed by atoms with Crippen LogP contribution in [0.4, 0.5) is 16.2 Å². The number of hydrogen-bond donors (Lipinski definition) is 3. The monoisotopic (exact) mass is 431 g/mol. The van der Waals surface area contributed by atoms with Gasteiger partial charge in [0.25, 0.3) is 0 Å². The molecule has 0 aliphatic carbocycles. The maximum absolute atomic E-state index is 12.5. The van der Waals surface area contributed by atoms with Gasteiger partial charge in [0.1, 0.15) is 11.3 Å². The Labute approximate surface area is 181 Å². The minimum atomic E-state index is -0.377. The van der Waals surface area contributed by atoms with Crippen molar-refractivity contribution in [2.45, 2.75) is 25.9 Å². The maximum Gasteiger partial charge on any atom is 0.222 e. The number of methoxy groups -OCH3 is 1. The van der Waals surface area contributed by atoms with Crippen molar-refractivity contribution in [2.75, 3.05) is 51.2 Å². The zero-order chi connectivity index (χ0) is 22.2. The van der Waals surface area contributed by atoms with E-state index in [1.54, 1.807) is 11.8 Å². The van der Waals surface area contributed by atoms with E-state index in [0.717, 1.165) is 23.4 Å². The molecule has 31 heavy (non-hydrogen) atoms. The third-order valence-corrected chi connectivity index (χ3v) is 4.96. The van der Waals surface area contributed by atoms with Crippen LogP contribution in [-0.4, -0.2) is 65.4 Å². The largest absolute Gasteiger partial charge is 0.496 e. The fraction of sp³-hybridized carbons (Fsp3) is 0.476. The third kappa shape index (κ3) is 5.59. The highest BCUT2D eigenvalue weighted by molar-refractivity contribution is 5.86. The average Bonchev–Trinajstić information content (AvgIpc) is 3.16. The van der Waals surface area contributed by atoms with Crippen LogP contribution in [0.15, 0.2) is 24.4 Å². The van der Waals surface area contributed by atoms with Crippen LogP contribution in [0.3, 0.4) is 0 Å². The molecule has 0 unspecified atom stereocenters. The molecule has 3 rings (SSSR count). The number of hydrogen-bond acceptors (Lipinski definition) is 8. The standard InChI is InChI=1S/C21H30FN7O2/c1-24-12-15-5-6-16(18(11-15)31-2)13-29-14-17-19(27-29)20(26-21(23)25-17)28(9-10-30)8-4-3-7-22/h5-6,11,14,24,30H,3-4,7-10,12-13H2,1-2H3,(H2,23,25). The molecule has 0 spiro atoms. The van der Waals surface area contributed by atoms with Crippen molar-refractivity contribution in [3.63, 3.8) is 0 Å². The molecule has 0 amide bonds. The fourth-order valence-electron chi connectivity index (χ4n) is 3.51. The number of aliphatic hydroxyl groups is 1. The number of aromatic nitrogens is 4. The quantitative estimate of drug-likeness (QED) is 0.372. The molecule has 3 aromatic rings. The van der Waals surface area contributed by atoms with Crippen LogP contribution in [0, 0.1) is 0 Å². The second kappa shape index (κ2) is 10.9. The number of anilines is 2. The van der Waals surface area contributed by atoms with E-state index < -0.39 is 0 Å². The number of alkyl halides is 1. The number of nitrogens with one attached hydrogen (secondary N) is 1. The highest BCUT2D eigenvalue weighted by Crippen LogP contribution is 2.26. The Hall–Kier alpha value is -2.98. The van der Waals surface area contributed by atoms with Crippen LogP contribution in [0.25, 0.3) is 11.0 Å². The molecule has 1 aromatic carbocycles. The van der Waals surface area contributed by atoms with E-state index in [-0.39, 0.29) is 19.2 Å². The first-order valence-electron chi connectivity index (χ1n) is 10.3. The van der Waals surface area contributed by atoms with E-state index >= 15 is 0 Å². The zero-order valence-electron chi connectivity index (χ0n) is 18.0. The summed E-state index contributed by atoms with van der Waals surface area (Å²) >= 11 is 0. The smallest absolute Gasteiger partial charge is 0.222 e. The SMILES string of the molecule is CNCc1ccc(Cn2cc3nc(N)nc(N(CCO)CCCCF)c3n2)c(OC)c1. The molecule has 0 atom stereocenters. The van der Waals surface area contributed by atoms with Crippen LogP contribution >= 0.6 is 0 Å². The van der Waals surface area contributed by atoms with E-state index in [1.165, 1.54) is 0 Å². The predicted octanol–water partition coefficient (Wildman–Crippen LogP) is 1.73. The van der Waals surface area contributed by atoms with Crippen LogP contribution in [0.2, 0.25) is 0 Å². The Morgan fingerprint density at radius 2 is 2.10 bits per heavy atom. The lowest BCUT2D eigenvalue weighted by Crippen LogP contribution is -2.29. The average molecular weight is 432 g/mol. The van der Waals surface area contributed by atoms with E-state index in [0.29, 0.717) is 49.3 Å². The van der Waals surface area contributed by atoms with Gasteiger partial charge >= 0.3 is 0 Å². The first kappa shape index (κ1) is 22.7. The van der Waals surface area contributed by atoms with Crippen molar-refractivity contribution >= 4 is 22.8 Å². The molecule has 2 heterocycles. The van der Waals surface area contributed by atoms with Crippen molar-refractivity contribution < 1.29 is 14.2 Å². The molecular formula is C21H30FN7O2. The number of nitrogens with two attached hydrogens (primary N) is 1. The Morgan fingerprint density at radius 3 is 2.81 bits per heavy atom. The van der Waals surface area contributed by atoms with E-state index in [9.17, 15) is 9.50 Å². The van der Waals surface area contributed by atoms with Crippen molar-refractivity contribution in [3.8, 4) is 5.75 Å². The first-order chi connectivity index (χ1) is 15.1. The van der Waals surface area contributed by atoms with Gasteiger partial charge in [-0.2, -0.15) is 10.1 Å². The van der Waals surface area contributed by atoms with Crippen LogP contribution in [0.1, 0.15) is 24.0 Å². The molecule has 0 aliphatic rings. The highest BCUT2D eigenvalue weighted by Gasteiger charge is 2.17. The number of rotatable bonds is 12. The number of unbranched alkanes of at least 4 members (excludes halogenated alkanes) is 1. The number of benzene rings is 1. The van der Waals surface area contributed by atoms with E-state index in [1.807, 2.05) is 30.3 Å². The number of nitrogens with zero attached hydrogens (tertiary/aromatic N) is 5. The Bertz CT molecular complexity index is 995. The van der Waals surface area contributed by atoms with Gasteiger partial charge in [-0.15, -0.1) is 0 Å². The summed E-state index contributed by atoms with van der Waals surface area (Å²) in [5.41, 5.74) is 9.24. The van der Waals surface area contributed by atoms with Crippen molar-refractivity contribution in [3.05, 3.63) is 35.5 Å². The van der Waals surface area contributed by atoms with E-state index in [2.05, 4.69) is 26.4 Å². The second-order valence-electron chi connectivity index (χ2n) is 7.25. The van der Waals surface area contributed by atoms with Gasteiger partial charge in [0, 0.05) is 25.2 Å². The predicted molar refractivity (Wildman–Crippen MR) is 119 cm³/mol. The summed E-state index contributed by atoms with van der Waals surface area (Å²) in [4.78, 5) is 10.6. The molecule has 10 heteroatoms.